The number of benzene rings is 1. The summed E-state index contributed by atoms with van der Waals surface area (Å²) in [5.41, 5.74) is 2.49. The Labute approximate surface area is 159 Å². The fourth-order valence-corrected chi connectivity index (χ4v) is 4.80. The van der Waals surface area contributed by atoms with Crippen molar-refractivity contribution in [3.8, 4) is 0 Å². The van der Waals surface area contributed by atoms with Gasteiger partial charge >= 0.3 is 0 Å². The fourth-order valence-electron chi connectivity index (χ4n) is 3.07. The van der Waals surface area contributed by atoms with E-state index in [4.69, 9.17) is 0 Å². The van der Waals surface area contributed by atoms with Gasteiger partial charge in [0.2, 0.25) is 15.9 Å². The van der Waals surface area contributed by atoms with Crippen LogP contribution in [0.1, 0.15) is 16.7 Å². The van der Waals surface area contributed by atoms with Crippen molar-refractivity contribution in [3.05, 3.63) is 53.4 Å². The summed E-state index contributed by atoms with van der Waals surface area (Å²) in [6, 6.07) is 5.43. The highest BCUT2D eigenvalue weighted by molar-refractivity contribution is 7.89. The van der Waals surface area contributed by atoms with Crippen molar-refractivity contribution in [3.63, 3.8) is 0 Å². The molecule has 0 atom stereocenters. The summed E-state index contributed by atoms with van der Waals surface area (Å²) < 4.78 is 29.0. The van der Waals surface area contributed by atoms with E-state index in [0.717, 1.165) is 16.7 Å². The van der Waals surface area contributed by atoms with Crippen LogP contribution in [0.25, 0.3) is 6.08 Å². The van der Waals surface area contributed by atoms with Crippen LogP contribution in [0, 0.1) is 13.8 Å². The van der Waals surface area contributed by atoms with Crippen molar-refractivity contribution < 1.29 is 13.2 Å². The van der Waals surface area contributed by atoms with Gasteiger partial charge in [0.15, 0.2) is 0 Å². The first-order valence-corrected chi connectivity index (χ1v) is 10.2. The summed E-state index contributed by atoms with van der Waals surface area (Å²) >= 11 is 0. The largest absolute Gasteiger partial charge is 0.337 e. The minimum absolute atomic E-state index is 0.123. The minimum atomic E-state index is -3.55. The molecule has 8 heteroatoms. The summed E-state index contributed by atoms with van der Waals surface area (Å²) in [6.45, 7) is 5.02. The summed E-state index contributed by atoms with van der Waals surface area (Å²) in [4.78, 5) is 14.4. The number of sulfonamides is 1. The Morgan fingerprint density at radius 3 is 2.48 bits per heavy atom. The molecule has 1 aromatic heterocycles. The molecule has 3 rings (SSSR count). The lowest BCUT2D eigenvalue weighted by atomic mass is 10.2. The van der Waals surface area contributed by atoms with E-state index < -0.39 is 10.0 Å². The molecule has 0 spiro atoms. The van der Waals surface area contributed by atoms with Gasteiger partial charge in [-0.05, 0) is 37.1 Å². The molecule has 144 valence electrons. The fraction of sp³-hybridized carbons (Fsp3) is 0.368. The molecule has 0 saturated carbocycles. The summed E-state index contributed by atoms with van der Waals surface area (Å²) in [5, 5.41) is 4.05. The number of carbonyl (C=O) groups excluding carboxylic acids is 1. The van der Waals surface area contributed by atoms with E-state index in [9.17, 15) is 13.2 Å². The second-order valence-electron chi connectivity index (χ2n) is 6.78. The van der Waals surface area contributed by atoms with Crippen LogP contribution in [0.4, 0.5) is 0 Å². The lowest BCUT2D eigenvalue weighted by Gasteiger charge is -2.33. The molecule has 1 amide bonds. The van der Waals surface area contributed by atoms with Crippen molar-refractivity contribution in [2.24, 2.45) is 7.05 Å². The normalized spacial score (nSPS) is 16.2. The highest BCUT2D eigenvalue weighted by Gasteiger charge is 2.30. The number of nitrogens with zero attached hydrogens (tertiary/aromatic N) is 4. The van der Waals surface area contributed by atoms with Gasteiger partial charge in [-0.25, -0.2) is 8.42 Å². The van der Waals surface area contributed by atoms with Crippen molar-refractivity contribution in [2.75, 3.05) is 26.2 Å². The van der Waals surface area contributed by atoms with Gasteiger partial charge in [-0.3, -0.25) is 9.48 Å². The Kier molecular flexibility index (Phi) is 5.48. The Morgan fingerprint density at radius 1 is 1.15 bits per heavy atom. The van der Waals surface area contributed by atoms with Crippen LogP contribution < -0.4 is 0 Å². The maximum absolute atomic E-state index is 12.9. The third-order valence-corrected chi connectivity index (χ3v) is 6.70. The van der Waals surface area contributed by atoms with E-state index in [1.807, 2.05) is 32.3 Å². The van der Waals surface area contributed by atoms with Gasteiger partial charge in [0, 0.05) is 51.1 Å². The first-order chi connectivity index (χ1) is 12.8. The molecule has 1 aliphatic rings. The molecule has 0 radical (unpaired) electrons. The molecule has 1 aliphatic heterocycles. The van der Waals surface area contributed by atoms with E-state index in [0.29, 0.717) is 31.1 Å². The first kappa shape index (κ1) is 19.3. The van der Waals surface area contributed by atoms with Crippen molar-refractivity contribution in [1.82, 2.24) is 19.0 Å². The zero-order valence-electron chi connectivity index (χ0n) is 15.8. The minimum Gasteiger partial charge on any atom is -0.337 e. The van der Waals surface area contributed by atoms with E-state index in [1.54, 1.807) is 34.8 Å². The molecule has 1 saturated heterocycles. The second-order valence-corrected chi connectivity index (χ2v) is 8.69. The topological polar surface area (TPSA) is 75.5 Å². The highest BCUT2D eigenvalue weighted by atomic mass is 32.2. The Hall–Kier alpha value is -2.45. The van der Waals surface area contributed by atoms with Crippen LogP contribution in [0.15, 0.2) is 41.6 Å². The number of aryl methyl sites for hydroxylation is 3. The lowest BCUT2D eigenvalue weighted by Crippen LogP contribution is -2.50. The maximum atomic E-state index is 12.9. The lowest BCUT2D eigenvalue weighted by molar-refractivity contribution is -0.127. The van der Waals surface area contributed by atoms with Crippen molar-refractivity contribution >= 4 is 22.0 Å². The monoisotopic (exact) mass is 388 g/mol. The number of aromatic nitrogens is 2. The smallest absolute Gasteiger partial charge is 0.246 e. The second kappa shape index (κ2) is 7.66. The molecule has 0 aliphatic carbocycles. The van der Waals surface area contributed by atoms with Crippen molar-refractivity contribution in [1.29, 1.82) is 0 Å². The molecule has 0 unspecified atom stereocenters. The zero-order valence-corrected chi connectivity index (χ0v) is 16.6. The zero-order chi connectivity index (χ0) is 19.6. The SMILES string of the molecule is Cc1ccc(C)c(S(=O)(=O)N2CCN(C(=O)C=Cc3cnn(C)c3)CC2)c1. The van der Waals surface area contributed by atoms with Crippen LogP contribution in [0.5, 0.6) is 0 Å². The van der Waals surface area contributed by atoms with Gasteiger partial charge in [-0.15, -0.1) is 0 Å². The predicted octanol–water partition coefficient (Wildman–Crippen LogP) is 1.58. The Balaban J connectivity index is 1.65. The molecule has 7 nitrogen and oxygen atoms in total. The molecular weight excluding hydrogens is 364 g/mol. The van der Waals surface area contributed by atoms with Crippen LogP contribution in [0.3, 0.4) is 0 Å². The average molecular weight is 388 g/mol. The maximum Gasteiger partial charge on any atom is 0.246 e. The third kappa shape index (κ3) is 4.28. The van der Waals surface area contributed by atoms with Crippen LogP contribution >= 0.6 is 0 Å². The first-order valence-electron chi connectivity index (χ1n) is 8.80. The molecule has 1 aromatic carbocycles. The van der Waals surface area contributed by atoms with Gasteiger partial charge in [-0.2, -0.15) is 9.40 Å². The Bertz CT molecular complexity index is 971. The number of hydrogen-bond acceptors (Lipinski definition) is 4. The van der Waals surface area contributed by atoms with Gasteiger partial charge < -0.3 is 4.90 Å². The highest BCUT2D eigenvalue weighted by Crippen LogP contribution is 2.22. The van der Waals surface area contributed by atoms with E-state index in [2.05, 4.69) is 5.10 Å². The average Bonchev–Trinajstić information content (AvgIpc) is 3.07. The molecule has 2 heterocycles. The predicted molar refractivity (Wildman–Crippen MR) is 103 cm³/mol. The Morgan fingerprint density at radius 2 is 1.85 bits per heavy atom. The van der Waals surface area contributed by atoms with E-state index >= 15 is 0 Å². The van der Waals surface area contributed by atoms with Crippen LogP contribution in [0.2, 0.25) is 0 Å². The van der Waals surface area contributed by atoms with Crippen molar-refractivity contribution in [2.45, 2.75) is 18.7 Å². The summed E-state index contributed by atoms with van der Waals surface area (Å²) in [6.07, 6.45) is 6.72. The standard InChI is InChI=1S/C19H24N4O3S/c1-15-4-5-16(2)18(12-15)27(25,26)23-10-8-22(9-11-23)19(24)7-6-17-13-20-21(3)14-17/h4-7,12-14H,8-11H2,1-3H3. The number of piperazine rings is 1. The molecular formula is C19H24N4O3S. The van der Waals surface area contributed by atoms with E-state index in [1.165, 1.54) is 10.4 Å². The van der Waals surface area contributed by atoms with Gasteiger partial charge in [0.25, 0.3) is 0 Å². The summed E-state index contributed by atoms with van der Waals surface area (Å²) in [5.74, 6) is -0.123. The molecule has 2 aromatic rings. The molecule has 0 bridgehead atoms. The van der Waals surface area contributed by atoms with Gasteiger partial charge in [0.1, 0.15) is 0 Å². The molecule has 0 N–H and O–H groups in total. The third-order valence-electron chi connectivity index (χ3n) is 4.65. The van der Waals surface area contributed by atoms with Gasteiger partial charge in [0.05, 0.1) is 11.1 Å². The number of hydrogen-bond donors (Lipinski definition) is 0. The number of amides is 1. The summed E-state index contributed by atoms with van der Waals surface area (Å²) in [7, 11) is -1.74. The molecule has 27 heavy (non-hydrogen) atoms. The van der Waals surface area contributed by atoms with Crippen LogP contribution in [-0.2, 0) is 21.9 Å². The van der Waals surface area contributed by atoms with Gasteiger partial charge in [-0.1, -0.05) is 12.1 Å². The molecule has 1 fully saturated rings. The van der Waals surface area contributed by atoms with Crippen LogP contribution in [-0.4, -0.2) is 59.5 Å². The number of rotatable bonds is 4. The van der Waals surface area contributed by atoms with E-state index in [-0.39, 0.29) is 5.91 Å². The quantitative estimate of drug-likeness (QED) is 0.746. The number of carbonyl (C=O) groups is 1.